The number of aromatic amines is 1. The fourth-order valence-corrected chi connectivity index (χ4v) is 4.00. The first kappa shape index (κ1) is 18.3. The van der Waals surface area contributed by atoms with E-state index in [1.165, 1.54) is 16.0 Å². The maximum Gasteiger partial charge on any atom is 0.283 e. The lowest BCUT2D eigenvalue weighted by Gasteiger charge is -2.02. The molecular weight excluding hydrogens is 372 g/mol. The summed E-state index contributed by atoms with van der Waals surface area (Å²) in [5, 5.41) is 12.8. The van der Waals surface area contributed by atoms with E-state index in [0.29, 0.717) is 29.4 Å². The predicted octanol–water partition coefficient (Wildman–Crippen LogP) is 3.63. The highest BCUT2D eigenvalue weighted by atomic mass is 32.1. The molecule has 0 unspecified atom stereocenters. The van der Waals surface area contributed by atoms with Gasteiger partial charge in [-0.15, -0.1) is 0 Å². The molecule has 7 heteroatoms. The Kier molecular flexibility index (Phi) is 5.18. The number of para-hydroxylation sites is 1. The summed E-state index contributed by atoms with van der Waals surface area (Å²) in [4.78, 5) is 22.4. The van der Waals surface area contributed by atoms with Gasteiger partial charge in [-0.1, -0.05) is 53.8 Å². The van der Waals surface area contributed by atoms with Gasteiger partial charge < -0.3 is 5.11 Å². The molecule has 0 atom stereocenters. The van der Waals surface area contributed by atoms with Crippen molar-refractivity contribution in [2.45, 2.75) is 13.3 Å². The van der Waals surface area contributed by atoms with Crippen LogP contribution in [0, 0.1) is 0 Å². The summed E-state index contributed by atoms with van der Waals surface area (Å²) < 4.78 is 2.52. The minimum atomic E-state index is -0.178. The number of hydrogen-bond acceptors (Lipinski definition) is 5. The average molecular weight is 392 g/mol. The maximum absolute atomic E-state index is 13.3. The first-order valence-electron chi connectivity index (χ1n) is 9.07. The highest BCUT2D eigenvalue weighted by Crippen LogP contribution is 2.26. The molecule has 0 aliphatic heterocycles. The van der Waals surface area contributed by atoms with Gasteiger partial charge in [0.1, 0.15) is 0 Å². The Balaban J connectivity index is 1.89. The number of aliphatic hydroxyl groups excluding tert-OH is 1. The molecule has 0 spiro atoms. The zero-order valence-electron chi connectivity index (χ0n) is 15.4. The molecule has 0 bridgehead atoms. The monoisotopic (exact) mass is 392 g/mol. The van der Waals surface area contributed by atoms with Gasteiger partial charge in [0, 0.05) is 24.4 Å². The van der Waals surface area contributed by atoms with E-state index < -0.39 is 0 Å². The van der Waals surface area contributed by atoms with Crippen molar-refractivity contribution >= 4 is 27.3 Å². The highest BCUT2D eigenvalue weighted by molar-refractivity contribution is 7.20. The second-order valence-corrected chi connectivity index (χ2v) is 7.39. The van der Waals surface area contributed by atoms with Gasteiger partial charge in [0.05, 0.1) is 21.5 Å². The van der Waals surface area contributed by atoms with Crippen molar-refractivity contribution in [1.82, 2.24) is 14.8 Å². The number of aliphatic hydroxyl groups is 1. The van der Waals surface area contributed by atoms with Crippen molar-refractivity contribution in [3.8, 4) is 16.4 Å². The smallest absolute Gasteiger partial charge is 0.283 e. The Morgan fingerprint density at radius 2 is 1.93 bits per heavy atom. The van der Waals surface area contributed by atoms with Crippen molar-refractivity contribution in [1.29, 1.82) is 0 Å². The number of rotatable bonds is 6. The lowest BCUT2D eigenvalue weighted by Crippen LogP contribution is -2.19. The Morgan fingerprint density at radius 3 is 2.68 bits per heavy atom. The number of nitrogens with one attached hydrogen (secondary N) is 1. The molecule has 2 aromatic heterocycles. The van der Waals surface area contributed by atoms with Crippen LogP contribution in [0.2, 0.25) is 0 Å². The number of benzene rings is 2. The van der Waals surface area contributed by atoms with Crippen LogP contribution in [0.3, 0.4) is 0 Å². The Hall–Kier alpha value is -3.03. The summed E-state index contributed by atoms with van der Waals surface area (Å²) in [5.74, 6) is 0. The zero-order chi connectivity index (χ0) is 19.5. The Morgan fingerprint density at radius 1 is 1.18 bits per heavy atom. The average Bonchev–Trinajstić information content (AvgIpc) is 3.29. The van der Waals surface area contributed by atoms with Crippen molar-refractivity contribution in [2.24, 2.45) is 4.99 Å². The maximum atomic E-state index is 13.3. The second-order valence-electron chi connectivity index (χ2n) is 6.38. The number of fused-ring (bicyclic) bond motifs is 1. The Bertz CT molecular complexity index is 1160. The van der Waals surface area contributed by atoms with Crippen LogP contribution in [-0.2, 0) is 0 Å². The number of thiazole rings is 1. The van der Waals surface area contributed by atoms with E-state index in [2.05, 4.69) is 15.1 Å². The van der Waals surface area contributed by atoms with Gasteiger partial charge in [0.2, 0.25) is 5.13 Å². The van der Waals surface area contributed by atoms with Crippen LogP contribution in [0.25, 0.3) is 26.6 Å². The molecule has 0 radical (unpaired) electrons. The summed E-state index contributed by atoms with van der Waals surface area (Å²) in [5.41, 5.74) is 3.49. The summed E-state index contributed by atoms with van der Waals surface area (Å²) in [6.45, 7) is 2.38. The van der Waals surface area contributed by atoms with E-state index in [9.17, 15) is 4.79 Å². The van der Waals surface area contributed by atoms with Crippen LogP contribution in [0.15, 0.2) is 64.4 Å². The molecule has 2 aromatic carbocycles. The fourth-order valence-electron chi connectivity index (χ4n) is 3.07. The molecule has 6 nitrogen and oxygen atoms in total. The van der Waals surface area contributed by atoms with Crippen molar-refractivity contribution in [3.05, 3.63) is 70.5 Å². The number of nitrogens with zero attached hydrogens (tertiary/aromatic N) is 3. The van der Waals surface area contributed by atoms with Crippen molar-refractivity contribution < 1.29 is 5.11 Å². The number of hydrogen-bond donors (Lipinski definition) is 2. The second kappa shape index (κ2) is 7.92. The molecular formula is C21H20N4O2S. The molecule has 142 valence electrons. The Labute approximate surface area is 165 Å². The molecule has 0 aliphatic rings. The van der Waals surface area contributed by atoms with Gasteiger partial charge in [0.25, 0.3) is 5.56 Å². The molecule has 0 fully saturated rings. The molecule has 0 saturated heterocycles. The molecule has 0 amide bonds. The lowest BCUT2D eigenvalue weighted by molar-refractivity contribution is 0.291. The van der Waals surface area contributed by atoms with Crippen LogP contribution in [0.5, 0.6) is 0 Å². The van der Waals surface area contributed by atoms with Crippen molar-refractivity contribution in [2.75, 3.05) is 13.2 Å². The molecule has 4 aromatic rings. The third-order valence-electron chi connectivity index (χ3n) is 4.45. The van der Waals surface area contributed by atoms with E-state index in [4.69, 9.17) is 5.11 Å². The predicted molar refractivity (Wildman–Crippen MR) is 114 cm³/mol. The van der Waals surface area contributed by atoms with E-state index in [1.54, 1.807) is 0 Å². The number of H-pyrrole nitrogens is 1. The standard InChI is InChI=1S/C21H20N4O2S/c1-14(22-12-7-13-26)18-19(15-8-3-2-4-9-15)24-25(20(18)27)21-23-16-10-5-6-11-17(16)28-21/h2-6,8-11,24,26H,7,12-13H2,1H3. The first-order valence-corrected chi connectivity index (χ1v) is 9.89. The lowest BCUT2D eigenvalue weighted by atomic mass is 10.1. The molecule has 2 N–H and O–H groups in total. The zero-order valence-corrected chi connectivity index (χ0v) is 16.2. The normalized spacial score (nSPS) is 12.0. The van der Waals surface area contributed by atoms with Gasteiger partial charge in [-0.3, -0.25) is 14.9 Å². The molecule has 28 heavy (non-hydrogen) atoms. The van der Waals surface area contributed by atoms with Crippen LogP contribution in [0.1, 0.15) is 18.9 Å². The largest absolute Gasteiger partial charge is 0.396 e. The highest BCUT2D eigenvalue weighted by Gasteiger charge is 2.20. The molecule has 0 saturated carbocycles. The number of aromatic nitrogens is 3. The SMILES string of the molecule is CC(=NCCCO)c1c(-c2ccccc2)[nH]n(-c2nc3ccccc3s2)c1=O. The third kappa shape index (κ3) is 3.42. The van der Waals surface area contributed by atoms with Gasteiger partial charge >= 0.3 is 0 Å². The minimum Gasteiger partial charge on any atom is -0.396 e. The topological polar surface area (TPSA) is 83.3 Å². The van der Waals surface area contributed by atoms with Gasteiger partial charge in [-0.2, -0.15) is 4.68 Å². The fraction of sp³-hybridized carbons (Fsp3) is 0.190. The molecule has 4 rings (SSSR count). The molecule has 2 heterocycles. The first-order chi connectivity index (χ1) is 13.7. The van der Waals surface area contributed by atoms with E-state index in [1.807, 2.05) is 61.5 Å². The van der Waals surface area contributed by atoms with Gasteiger partial charge in [0.15, 0.2) is 0 Å². The third-order valence-corrected chi connectivity index (χ3v) is 5.48. The molecule has 0 aliphatic carbocycles. The van der Waals surface area contributed by atoms with E-state index in [0.717, 1.165) is 21.5 Å². The van der Waals surface area contributed by atoms with Crippen molar-refractivity contribution in [3.63, 3.8) is 0 Å². The summed E-state index contributed by atoms with van der Waals surface area (Å²) >= 11 is 1.46. The van der Waals surface area contributed by atoms with E-state index in [-0.39, 0.29) is 12.2 Å². The number of aliphatic imine (C=N–C) groups is 1. The van der Waals surface area contributed by atoms with E-state index >= 15 is 0 Å². The van der Waals surface area contributed by atoms with Crippen LogP contribution < -0.4 is 5.56 Å². The summed E-state index contributed by atoms with van der Waals surface area (Å²) in [6.07, 6.45) is 0.564. The summed E-state index contributed by atoms with van der Waals surface area (Å²) in [6, 6.07) is 17.5. The van der Waals surface area contributed by atoms with Gasteiger partial charge in [-0.05, 0) is 25.5 Å². The van der Waals surface area contributed by atoms with Crippen LogP contribution in [0.4, 0.5) is 0 Å². The van der Waals surface area contributed by atoms with Crippen LogP contribution >= 0.6 is 11.3 Å². The quantitative estimate of drug-likeness (QED) is 0.388. The van der Waals surface area contributed by atoms with Gasteiger partial charge in [-0.25, -0.2) is 4.98 Å². The van der Waals surface area contributed by atoms with Crippen LogP contribution in [-0.4, -0.2) is 38.7 Å². The minimum absolute atomic E-state index is 0.0748. The summed E-state index contributed by atoms with van der Waals surface area (Å²) in [7, 11) is 0.